The second-order valence-electron chi connectivity index (χ2n) is 6.49. The van der Waals surface area contributed by atoms with Crippen LogP contribution in [0.4, 0.5) is 17.3 Å². The fourth-order valence-electron chi connectivity index (χ4n) is 3.03. The third-order valence-corrected chi connectivity index (χ3v) is 4.29. The second kappa shape index (κ2) is 8.42. The standard InChI is InChI=1S/C19H23N5O2/c1-13(25)22-16-8-5-9-17(10-16)24-19-20-11-14(12-21-19)18(26)23-15-6-3-2-4-7-15/h5,8-12,15H,2-4,6-7H2,1H3,(H,22,25)(H,23,26)(H,20,21,24). The molecule has 2 aromatic rings. The minimum absolute atomic E-state index is 0.129. The zero-order valence-electron chi connectivity index (χ0n) is 14.8. The Kier molecular flexibility index (Phi) is 5.78. The molecule has 7 nitrogen and oxygen atoms in total. The molecule has 7 heteroatoms. The molecule has 0 radical (unpaired) electrons. The summed E-state index contributed by atoms with van der Waals surface area (Å²) in [5.74, 6) is 0.127. The first kappa shape index (κ1) is 17.8. The van der Waals surface area contributed by atoms with Crippen molar-refractivity contribution in [3.05, 3.63) is 42.2 Å². The van der Waals surface area contributed by atoms with Crippen molar-refractivity contribution in [3.8, 4) is 0 Å². The number of anilines is 3. The number of nitrogens with zero attached hydrogens (tertiary/aromatic N) is 2. The van der Waals surface area contributed by atoms with E-state index in [4.69, 9.17) is 0 Å². The van der Waals surface area contributed by atoms with E-state index in [0.717, 1.165) is 18.5 Å². The third-order valence-electron chi connectivity index (χ3n) is 4.29. The molecule has 1 saturated carbocycles. The van der Waals surface area contributed by atoms with Gasteiger partial charge in [-0.25, -0.2) is 9.97 Å². The van der Waals surface area contributed by atoms with E-state index >= 15 is 0 Å². The molecule has 3 N–H and O–H groups in total. The second-order valence-corrected chi connectivity index (χ2v) is 6.49. The van der Waals surface area contributed by atoms with Crippen molar-refractivity contribution in [2.45, 2.75) is 45.1 Å². The number of aromatic nitrogens is 2. The first-order valence-electron chi connectivity index (χ1n) is 8.88. The largest absolute Gasteiger partial charge is 0.349 e. The van der Waals surface area contributed by atoms with Crippen LogP contribution in [-0.2, 0) is 4.79 Å². The van der Waals surface area contributed by atoms with E-state index in [1.807, 2.05) is 12.1 Å². The summed E-state index contributed by atoms with van der Waals surface area (Å²) in [5.41, 5.74) is 1.88. The van der Waals surface area contributed by atoms with Crippen LogP contribution in [0.15, 0.2) is 36.7 Å². The quantitative estimate of drug-likeness (QED) is 0.767. The lowest BCUT2D eigenvalue weighted by Crippen LogP contribution is -2.36. The molecule has 1 fully saturated rings. The average molecular weight is 353 g/mol. The van der Waals surface area contributed by atoms with Gasteiger partial charge in [0, 0.05) is 36.7 Å². The smallest absolute Gasteiger partial charge is 0.254 e. The molecule has 0 aliphatic heterocycles. The van der Waals surface area contributed by atoms with Crippen molar-refractivity contribution < 1.29 is 9.59 Å². The lowest BCUT2D eigenvalue weighted by atomic mass is 9.95. The molecule has 3 rings (SSSR count). The molecule has 1 aromatic carbocycles. The highest BCUT2D eigenvalue weighted by atomic mass is 16.2. The van der Waals surface area contributed by atoms with Gasteiger partial charge in [-0.15, -0.1) is 0 Å². The summed E-state index contributed by atoms with van der Waals surface area (Å²) in [6.45, 7) is 1.46. The summed E-state index contributed by atoms with van der Waals surface area (Å²) < 4.78 is 0. The summed E-state index contributed by atoms with van der Waals surface area (Å²) in [6.07, 6.45) is 8.70. The fraction of sp³-hybridized carbons (Fsp3) is 0.368. The number of benzene rings is 1. The Balaban J connectivity index is 1.60. The average Bonchev–Trinajstić information content (AvgIpc) is 2.63. The fourth-order valence-corrected chi connectivity index (χ4v) is 3.03. The Morgan fingerprint density at radius 3 is 2.42 bits per heavy atom. The topological polar surface area (TPSA) is 96.0 Å². The van der Waals surface area contributed by atoms with Gasteiger partial charge in [-0.1, -0.05) is 25.3 Å². The highest BCUT2D eigenvalue weighted by Crippen LogP contribution is 2.19. The maximum Gasteiger partial charge on any atom is 0.254 e. The van der Waals surface area contributed by atoms with Gasteiger partial charge in [0.2, 0.25) is 11.9 Å². The normalized spacial score (nSPS) is 14.5. The van der Waals surface area contributed by atoms with Gasteiger partial charge in [0.25, 0.3) is 5.91 Å². The molecule has 1 aromatic heterocycles. The number of carbonyl (C=O) groups is 2. The molecule has 0 saturated heterocycles. The van der Waals surface area contributed by atoms with Gasteiger partial charge in [0.15, 0.2) is 0 Å². The van der Waals surface area contributed by atoms with Crippen molar-refractivity contribution >= 4 is 29.1 Å². The van der Waals surface area contributed by atoms with Crippen LogP contribution in [0.1, 0.15) is 49.4 Å². The van der Waals surface area contributed by atoms with Crippen LogP contribution in [0, 0.1) is 0 Å². The summed E-state index contributed by atoms with van der Waals surface area (Å²) in [6, 6.07) is 7.50. The first-order chi connectivity index (χ1) is 12.6. The molecule has 2 amide bonds. The van der Waals surface area contributed by atoms with Crippen molar-refractivity contribution in [2.75, 3.05) is 10.6 Å². The lowest BCUT2D eigenvalue weighted by Gasteiger charge is -2.22. The number of nitrogens with one attached hydrogen (secondary N) is 3. The number of carbonyl (C=O) groups excluding carboxylic acids is 2. The van der Waals surface area contributed by atoms with E-state index in [0.29, 0.717) is 17.2 Å². The number of hydrogen-bond donors (Lipinski definition) is 3. The van der Waals surface area contributed by atoms with Crippen molar-refractivity contribution in [1.82, 2.24) is 15.3 Å². The van der Waals surface area contributed by atoms with Gasteiger partial charge >= 0.3 is 0 Å². The van der Waals surface area contributed by atoms with Crippen LogP contribution in [-0.4, -0.2) is 27.8 Å². The van der Waals surface area contributed by atoms with Gasteiger partial charge in [-0.3, -0.25) is 9.59 Å². The van der Waals surface area contributed by atoms with Crippen molar-refractivity contribution in [3.63, 3.8) is 0 Å². The minimum Gasteiger partial charge on any atom is -0.349 e. The molecular formula is C19H23N5O2. The van der Waals surface area contributed by atoms with E-state index < -0.39 is 0 Å². The van der Waals surface area contributed by atoms with Crippen molar-refractivity contribution in [1.29, 1.82) is 0 Å². The maximum atomic E-state index is 12.3. The Hall–Kier alpha value is -2.96. The Labute approximate surface area is 152 Å². The first-order valence-corrected chi connectivity index (χ1v) is 8.88. The van der Waals surface area contributed by atoms with Crippen LogP contribution < -0.4 is 16.0 Å². The van der Waals surface area contributed by atoms with Crippen LogP contribution in [0.5, 0.6) is 0 Å². The maximum absolute atomic E-state index is 12.3. The Bertz CT molecular complexity index is 770. The van der Waals surface area contributed by atoms with Crippen LogP contribution in [0.2, 0.25) is 0 Å². The minimum atomic E-state index is -0.133. The molecule has 1 aliphatic rings. The summed E-state index contributed by atoms with van der Waals surface area (Å²) in [5, 5.41) is 8.83. The van der Waals surface area contributed by atoms with Crippen LogP contribution in [0.25, 0.3) is 0 Å². The zero-order valence-corrected chi connectivity index (χ0v) is 14.8. The monoisotopic (exact) mass is 353 g/mol. The molecular weight excluding hydrogens is 330 g/mol. The molecule has 0 bridgehead atoms. The van der Waals surface area contributed by atoms with Gasteiger partial charge in [0.1, 0.15) is 0 Å². The van der Waals surface area contributed by atoms with Crippen LogP contribution >= 0.6 is 0 Å². The van der Waals surface area contributed by atoms with Gasteiger partial charge < -0.3 is 16.0 Å². The molecule has 0 atom stereocenters. The molecule has 26 heavy (non-hydrogen) atoms. The van der Waals surface area contributed by atoms with Crippen molar-refractivity contribution in [2.24, 2.45) is 0 Å². The lowest BCUT2D eigenvalue weighted by molar-refractivity contribution is -0.114. The molecule has 136 valence electrons. The van der Waals surface area contributed by atoms with E-state index in [2.05, 4.69) is 25.9 Å². The number of amides is 2. The Morgan fingerprint density at radius 2 is 1.73 bits per heavy atom. The summed E-state index contributed by atoms with van der Waals surface area (Å²) >= 11 is 0. The molecule has 0 unspecified atom stereocenters. The van der Waals surface area contributed by atoms with Gasteiger partial charge in [-0.05, 0) is 31.0 Å². The highest BCUT2D eigenvalue weighted by Gasteiger charge is 2.17. The predicted octanol–water partition coefficient (Wildman–Crippen LogP) is 3.24. The molecule has 0 spiro atoms. The SMILES string of the molecule is CC(=O)Nc1cccc(Nc2ncc(C(=O)NC3CCCCC3)cn2)c1. The summed E-state index contributed by atoms with van der Waals surface area (Å²) in [7, 11) is 0. The van der Waals surface area contributed by atoms with Gasteiger partial charge in [0.05, 0.1) is 5.56 Å². The molecule has 1 heterocycles. The van der Waals surface area contributed by atoms with E-state index in [1.165, 1.54) is 38.6 Å². The summed E-state index contributed by atoms with van der Waals surface area (Å²) in [4.78, 5) is 31.8. The highest BCUT2D eigenvalue weighted by molar-refractivity contribution is 5.94. The van der Waals surface area contributed by atoms with Gasteiger partial charge in [-0.2, -0.15) is 0 Å². The number of rotatable bonds is 5. The Morgan fingerprint density at radius 1 is 1.04 bits per heavy atom. The number of hydrogen-bond acceptors (Lipinski definition) is 5. The van der Waals surface area contributed by atoms with Crippen LogP contribution in [0.3, 0.4) is 0 Å². The molecule has 1 aliphatic carbocycles. The van der Waals surface area contributed by atoms with E-state index in [9.17, 15) is 9.59 Å². The van der Waals surface area contributed by atoms with E-state index in [1.54, 1.807) is 12.1 Å². The zero-order chi connectivity index (χ0) is 18.4. The third kappa shape index (κ3) is 5.02. The van der Waals surface area contributed by atoms with E-state index in [-0.39, 0.29) is 17.9 Å². The predicted molar refractivity (Wildman–Crippen MR) is 100 cm³/mol.